The number of benzene rings is 1. The molecule has 5 rings (SSSR count). The highest BCUT2D eigenvalue weighted by Crippen LogP contribution is 2.39. The highest BCUT2D eigenvalue weighted by molar-refractivity contribution is 7.91. The third kappa shape index (κ3) is 2.55. The Morgan fingerprint density at radius 3 is 2.27 bits per heavy atom. The van der Waals surface area contributed by atoms with Crippen molar-refractivity contribution >= 4 is 21.5 Å². The Hall–Kier alpha value is -1.89. The number of anilines is 2. The van der Waals surface area contributed by atoms with Crippen LogP contribution in [-0.4, -0.2) is 28.8 Å². The standard InChI is InChI=1S/C19H24N4O2S/c24-26(25,14-7-1-2-8-14)19-21-18(22-23-19)20-17-15-9-3-5-12(15)11-13-6-4-10-16(13)17/h11,14H,1-10H2,(H2,20,21,22,23). The first-order valence-corrected chi connectivity index (χ1v) is 11.3. The fourth-order valence-corrected chi connectivity index (χ4v) is 6.52. The number of aromatic nitrogens is 3. The van der Waals surface area contributed by atoms with Crippen LogP contribution < -0.4 is 5.32 Å². The van der Waals surface area contributed by atoms with Gasteiger partial charge in [0.1, 0.15) is 0 Å². The molecule has 3 aliphatic rings. The molecule has 7 heteroatoms. The second kappa shape index (κ2) is 6.08. The minimum atomic E-state index is -3.40. The molecule has 0 spiro atoms. The van der Waals surface area contributed by atoms with Gasteiger partial charge in [0.05, 0.1) is 5.25 Å². The highest BCUT2D eigenvalue weighted by atomic mass is 32.2. The van der Waals surface area contributed by atoms with Gasteiger partial charge in [0.25, 0.3) is 0 Å². The van der Waals surface area contributed by atoms with E-state index in [0.717, 1.165) is 57.1 Å². The molecule has 1 aromatic carbocycles. The van der Waals surface area contributed by atoms with Gasteiger partial charge in [-0.3, -0.25) is 0 Å². The Morgan fingerprint density at radius 2 is 1.62 bits per heavy atom. The van der Waals surface area contributed by atoms with Gasteiger partial charge in [-0.25, -0.2) is 13.5 Å². The van der Waals surface area contributed by atoms with Crippen molar-refractivity contribution in [3.63, 3.8) is 0 Å². The molecule has 1 aromatic heterocycles. The second-order valence-electron chi connectivity index (χ2n) is 7.77. The van der Waals surface area contributed by atoms with Crippen LogP contribution in [0.4, 0.5) is 11.6 Å². The Labute approximate surface area is 153 Å². The lowest BCUT2D eigenvalue weighted by Gasteiger charge is -2.15. The molecule has 2 aromatic rings. The third-order valence-corrected chi connectivity index (χ3v) is 8.26. The lowest BCUT2D eigenvalue weighted by Crippen LogP contribution is -2.19. The van der Waals surface area contributed by atoms with E-state index < -0.39 is 9.84 Å². The number of H-pyrrole nitrogens is 1. The summed E-state index contributed by atoms with van der Waals surface area (Å²) < 4.78 is 25.4. The number of nitrogens with one attached hydrogen (secondary N) is 2. The summed E-state index contributed by atoms with van der Waals surface area (Å²) in [7, 11) is -3.40. The van der Waals surface area contributed by atoms with Crippen molar-refractivity contribution in [2.24, 2.45) is 0 Å². The van der Waals surface area contributed by atoms with Crippen molar-refractivity contribution in [1.82, 2.24) is 15.2 Å². The van der Waals surface area contributed by atoms with Gasteiger partial charge in [0.15, 0.2) is 0 Å². The van der Waals surface area contributed by atoms with E-state index in [1.165, 1.54) is 35.1 Å². The molecular formula is C19H24N4O2S. The van der Waals surface area contributed by atoms with Crippen LogP contribution in [-0.2, 0) is 35.5 Å². The molecule has 0 radical (unpaired) electrons. The molecule has 0 amide bonds. The molecule has 26 heavy (non-hydrogen) atoms. The summed E-state index contributed by atoms with van der Waals surface area (Å²) in [5.41, 5.74) is 6.74. The van der Waals surface area contributed by atoms with Crippen molar-refractivity contribution in [2.75, 3.05) is 5.32 Å². The van der Waals surface area contributed by atoms with Gasteiger partial charge in [-0.05, 0) is 73.6 Å². The molecule has 1 fully saturated rings. The quantitative estimate of drug-likeness (QED) is 0.860. The van der Waals surface area contributed by atoms with E-state index in [0.29, 0.717) is 5.95 Å². The zero-order valence-electron chi connectivity index (χ0n) is 14.8. The molecule has 1 saturated carbocycles. The largest absolute Gasteiger partial charge is 0.322 e. The maximum absolute atomic E-state index is 12.7. The van der Waals surface area contributed by atoms with Crippen molar-refractivity contribution in [1.29, 1.82) is 0 Å². The van der Waals surface area contributed by atoms with E-state index in [2.05, 4.69) is 26.6 Å². The maximum atomic E-state index is 12.7. The third-order valence-electron chi connectivity index (χ3n) is 6.19. The summed E-state index contributed by atoms with van der Waals surface area (Å²) >= 11 is 0. The van der Waals surface area contributed by atoms with Crippen LogP contribution >= 0.6 is 0 Å². The Kier molecular flexibility index (Phi) is 3.81. The number of fused-ring (bicyclic) bond motifs is 2. The van der Waals surface area contributed by atoms with Gasteiger partial charge in [0, 0.05) is 5.69 Å². The smallest absolute Gasteiger partial charge is 0.247 e. The molecule has 2 N–H and O–H groups in total. The molecule has 0 unspecified atom stereocenters. The molecule has 0 bridgehead atoms. The van der Waals surface area contributed by atoms with Crippen molar-refractivity contribution in [3.8, 4) is 0 Å². The number of rotatable bonds is 4. The fraction of sp³-hybridized carbons (Fsp3) is 0.579. The van der Waals surface area contributed by atoms with E-state index in [1.807, 2.05) is 0 Å². The van der Waals surface area contributed by atoms with Gasteiger partial charge in [-0.1, -0.05) is 18.9 Å². The molecule has 3 aliphatic carbocycles. The number of hydrogen-bond donors (Lipinski definition) is 2. The van der Waals surface area contributed by atoms with Crippen molar-refractivity contribution < 1.29 is 8.42 Å². The van der Waals surface area contributed by atoms with Crippen LogP contribution in [0.15, 0.2) is 11.2 Å². The SMILES string of the molecule is O=S(=O)(c1nc(Nc2c3c(cc4c2CCC4)CCC3)n[nH]1)C1CCCC1. The molecular weight excluding hydrogens is 348 g/mol. The van der Waals surface area contributed by atoms with Gasteiger partial charge >= 0.3 is 0 Å². The summed E-state index contributed by atoms with van der Waals surface area (Å²) in [6.45, 7) is 0. The highest BCUT2D eigenvalue weighted by Gasteiger charge is 2.33. The zero-order chi connectivity index (χ0) is 17.7. The van der Waals surface area contributed by atoms with Crippen LogP contribution in [0, 0.1) is 0 Å². The lowest BCUT2D eigenvalue weighted by atomic mass is 9.99. The van der Waals surface area contributed by atoms with Gasteiger partial charge in [-0.2, -0.15) is 4.98 Å². The zero-order valence-corrected chi connectivity index (χ0v) is 15.7. The molecule has 138 valence electrons. The number of aromatic amines is 1. The second-order valence-corrected chi connectivity index (χ2v) is 9.92. The van der Waals surface area contributed by atoms with Crippen LogP contribution in [0.1, 0.15) is 60.8 Å². The van der Waals surface area contributed by atoms with Crippen molar-refractivity contribution in [3.05, 3.63) is 28.3 Å². The van der Waals surface area contributed by atoms with E-state index in [9.17, 15) is 8.42 Å². The van der Waals surface area contributed by atoms with Gasteiger partial charge < -0.3 is 5.32 Å². The predicted octanol–water partition coefficient (Wildman–Crippen LogP) is 3.24. The van der Waals surface area contributed by atoms with Gasteiger partial charge in [0.2, 0.25) is 20.9 Å². The monoisotopic (exact) mass is 372 g/mol. The number of nitrogens with zero attached hydrogens (tertiary/aromatic N) is 2. The first-order valence-electron chi connectivity index (χ1n) is 9.73. The first kappa shape index (κ1) is 16.3. The number of sulfone groups is 1. The normalized spacial score (nSPS) is 19.7. The summed E-state index contributed by atoms with van der Waals surface area (Å²) in [6, 6.07) is 2.38. The van der Waals surface area contributed by atoms with E-state index in [4.69, 9.17) is 0 Å². The number of aryl methyl sites for hydroxylation is 2. The fourth-order valence-electron chi connectivity index (χ4n) is 4.87. The van der Waals surface area contributed by atoms with Crippen LogP contribution in [0.5, 0.6) is 0 Å². The average molecular weight is 372 g/mol. The van der Waals surface area contributed by atoms with Crippen LogP contribution in [0.2, 0.25) is 0 Å². The molecule has 6 nitrogen and oxygen atoms in total. The Morgan fingerprint density at radius 1 is 0.962 bits per heavy atom. The van der Waals surface area contributed by atoms with E-state index in [-0.39, 0.29) is 10.4 Å². The summed E-state index contributed by atoms with van der Waals surface area (Å²) in [5.74, 6) is 0.371. The predicted molar refractivity (Wildman–Crippen MR) is 99.6 cm³/mol. The summed E-state index contributed by atoms with van der Waals surface area (Å²) in [5, 5.41) is 9.91. The molecule has 0 atom stereocenters. The Balaban J connectivity index is 1.48. The van der Waals surface area contributed by atoms with E-state index in [1.54, 1.807) is 0 Å². The van der Waals surface area contributed by atoms with E-state index >= 15 is 0 Å². The van der Waals surface area contributed by atoms with Crippen LogP contribution in [0.3, 0.4) is 0 Å². The minimum absolute atomic E-state index is 0.0103. The van der Waals surface area contributed by atoms with Gasteiger partial charge in [-0.15, -0.1) is 5.10 Å². The lowest BCUT2D eigenvalue weighted by molar-refractivity contribution is 0.571. The number of hydrogen-bond acceptors (Lipinski definition) is 5. The summed E-state index contributed by atoms with van der Waals surface area (Å²) in [4.78, 5) is 4.31. The Bertz CT molecular complexity index is 926. The first-order chi connectivity index (χ1) is 12.6. The maximum Gasteiger partial charge on any atom is 0.247 e. The van der Waals surface area contributed by atoms with Crippen LogP contribution in [0.25, 0.3) is 0 Å². The average Bonchev–Trinajstić information content (AvgIpc) is 3.40. The molecule has 0 saturated heterocycles. The summed E-state index contributed by atoms with van der Waals surface area (Å²) in [6.07, 6.45) is 10.2. The minimum Gasteiger partial charge on any atom is -0.322 e. The topological polar surface area (TPSA) is 87.7 Å². The van der Waals surface area contributed by atoms with Crippen molar-refractivity contribution in [2.45, 2.75) is 74.6 Å². The molecule has 0 aliphatic heterocycles. The molecule has 1 heterocycles.